The lowest BCUT2D eigenvalue weighted by Gasteiger charge is -2.33. The van der Waals surface area contributed by atoms with Gasteiger partial charge in [-0.15, -0.1) is 0 Å². The van der Waals surface area contributed by atoms with Crippen molar-refractivity contribution in [3.63, 3.8) is 0 Å². The molecule has 2 unspecified atom stereocenters. The zero-order chi connectivity index (χ0) is 23.0. The molecule has 0 aliphatic carbocycles. The van der Waals surface area contributed by atoms with Gasteiger partial charge < -0.3 is 20.6 Å². The Morgan fingerprint density at radius 3 is 2.97 bits per heavy atom. The van der Waals surface area contributed by atoms with Crippen molar-refractivity contribution in [3.8, 4) is 0 Å². The summed E-state index contributed by atoms with van der Waals surface area (Å²) < 4.78 is 0. The van der Waals surface area contributed by atoms with Gasteiger partial charge in [0, 0.05) is 50.0 Å². The number of anilines is 1. The van der Waals surface area contributed by atoms with Gasteiger partial charge in [-0.1, -0.05) is 30.9 Å². The molecule has 4 rings (SSSR count). The molecule has 2 atom stereocenters. The van der Waals surface area contributed by atoms with Crippen LogP contribution in [0.2, 0.25) is 0 Å². The van der Waals surface area contributed by atoms with E-state index in [-0.39, 0.29) is 5.91 Å². The molecular weight excluding hydrogens is 412 g/mol. The van der Waals surface area contributed by atoms with Crippen LogP contribution in [0.5, 0.6) is 0 Å². The first-order chi connectivity index (χ1) is 16.1. The third kappa shape index (κ3) is 6.79. The second-order valence-electron chi connectivity index (χ2n) is 9.54. The van der Waals surface area contributed by atoms with Crippen molar-refractivity contribution in [1.29, 1.82) is 0 Å². The highest BCUT2D eigenvalue weighted by Crippen LogP contribution is 2.24. The van der Waals surface area contributed by atoms with Gasteiger partial charge in [-0.2, -0.15) is 0 Å². The zero-order valence-electron chi connectivity index (χ0n) is 19.6. The van der Waals surface area contributed by atoms with Crippen LogP contribution < -0.4 is 10.6 Å². The fourth-order valence-electron chi connectivity index (χ4n) is 5.00. The largest absolute Gasteiger partial charge is 0.390 e. The van der Waals surface area contributed by atoms with E-state index in [1.54, 1.807) is 0 Å². The molecule has 3 N–H and O–H groups in total. The lowest BCUT2D eigenvalue weighted by atomic mass is 9.97. The normalized spacial score (nSPS) is 25.2. The van der Waals surface area contributed by atoms with Crippen LogP contribution in [0.15, 0.2) is 54.7 Å². The molecule has 1 aromatic rings. The van der Waals surface area contributed by atoms with Crippen molar-refractivity contribution in [2.24, 2.45) is 0 Å². The average molecular weight is 451 g/mol. The number of allylic oxidation sites excluding steroid dienone is 3. The molecule has 178 valence electrons. The van der Waals surface area contributed by atoms with Crippen LogP contribution in [0.1, 0.15) is 41.6 Å². The Kier molecular flexibility index (Phi) is 8.37. The molecule has 3 aliphatic heterocycles. The third-order valence-electron chi connectivity index (χ3n) is 6.69. The standard InChI is InChI=1S/C27H38N4O2/c1-21-8-5-3-2-4-6-14-30(18-21)19-25(32)20-31-15-12-22-16-23(10-11-26(22)27(31)33)29-24-9-7-13-28-17-24/h2-3,5,8,10-11,16,24-25,28-29,32H,1,4,6-7,9,12-15,17-20H2/b3-2-,8-5-. The number of amides is 1. The van der Waals surface area contributed by atoms with Crippen molar-refractivity contribution in [3.05, 3.63) is 65.8 Å². The Morgan fingerprint density at radius 2 is 2.12 bits per heavy atom. The van der Waals surface area contributed by atoms with Crippen LogP contribution in [0.25, 0.3) is 0 Å². The number of nitrogens with zero attached hydrogens (tertiary/aromatic N) is 2. The minimum atomic E-state index is -0.578. The Morgan fingerprint density at radius 1 is 1.21 bits per heavy atom. The Labute approximate surface area is 198 Å². The molecule has 1 aromatic carbocycles. The second kappa shape index (κ2) is 11.6. The number of carbonyl (C=O) groups excluding carboxylic acids is 1. The lowest BCUT2D eigenvalue weighted by Crippen LogP contribution is -2.46. The number of fused-ring (bicyclic) bond motifs is 1. The van der Waals surface area contributed by atoms with Gasteiger partial charge in [-0.05, 0) is 74.5 Å². The van der Waals surface area contributed by atoms with Crippen LogP contribution in [-0.2, 0) is 6.42 Å². The highest BCUT2D eigenvalue weighted by Gasteiger charge is 2.27. The molecule has 6 heteroatoms. The van der Waals surface area contributed by atoms with Crippen LogP contribution in [-0.4, -0.2) is 78.8 Å². The van der Waals surface area contributed by atoms with E-state index in [0.717, 1.165) is 67.8 Å². The highest BCUT2D eigenvalue weighted by molar-refractivity contribution is 5.97. The summed E-state index contributed by atoms with van der Waals surface area (Å²) >= 11 is 0. The second-order valence-corrected chi connectivity index (χ2v) is 9.54. The monoisotopic (exact) mass is 450 g/mol. The summed E-state index contributed by atoms with van der Waals surface area (Å²) in [5.41, 5.74) is 4.00. The first-order valence-corrected chi connectivity index (χ1v) is 12.4. The van der Waals surface area contributed by atoms with Gasteiger partial charge in [0.05, 0.1) is 6.10 Å². The molecule has 0 radical (unpaired) electrons. The fourth-order valence-corrected chi connectivity index (χ4v) is 5.00. The quantitative estimate of drug-likeness (QED) is 0.622. The molecule has 6 nitrogen and oxygen atoms in total. The minimum absolute atomic E-state index is 0.0274. The summed E-state index contributed by atoms with van der Waals surface area (Å²) in [6.45, 7) is 9.42. The third-order valence-corrected chi connectivity index (χ3v) is 6.69. The van der Waals surface area contributed by atoms with E-state index in [1.165, 1.54) is 12.8 Å². The van der Waals surface area contributed by atoms with Gasteiger partial charge in [0.2, 0.25) is 0 Å². The molecule has 3 heterocycles. The lowest BCUT2D eigenvalue weighted by molar-refractivity contribution is 0.0519. The van der Waals surface area contributed by atoms with Crippen LogP contribution in [0.3, 0.4) is 0 Å². The molecule has 0 aromatic heterocycles. The van der Waals surface area contributed by atoms with E-state index in [4.69, 9.17) is 0 Å². The summed E-state index contributed by atoms with van der Waals surface area (Å²) in [5, 5.41) is 17.8. The van der Waals surface area contributed by atoms with E-state index >= 15 is 0 Å². The number of piperidine rings is 1. The molecule has 0 bridgehead atoms. The number of aliphatic hydroxyl groups is 1. The Balaban J connectivity index is 1.32. The molecule has 1 saturated heterocycles. The number of hydrogen-bond donors (Lipinski definition) is 3. The number of β-amino-alcohol motifs (C(OH)–C–C–N with tert-alkyl or cyclic N) is 1. The molecule has 0 saturated carbocycles. The Hall–Kier alpha value is -2.41. The summed E-state index contributed by atoms with van der Waals surface area (Å²) in [7, 11) is 0. The van der Waals surface area contributed by atoms with Gasteiger partial charge in [-0.3, -0.25) is 9.69 Å². The topological polar surface area (TPSA) is 67.8 Å². The van der Waals surface area contributed by atoms with Crippen LogP contribution in [0.4, 0.5) is 5.69 Å². The van der Waals surface area contributed by atoms with E-state index < -0.39 is 6.10 Å². The number of aliphatic hydroxyl groups excluding tert-OH is 1. The van der Waals surface area contributed by atoms with E-state index in [0.29, 0.717) is 25.7 Å². The maximum absolute atomic E-state index is 13.1. The first-order valence-electron chi connectivity index (χ1n) is 12.4. The average Bonchev–Trinajstić information content (AvgIpc) is 2.81. The predicted molar refractivity (Wildman–Crippen MR) is 135 cm³/mol. The fraction of sp³-hybridized carbons (Fsp3) is 0.519. The number of benzene rings is 1. The van der Waals surface area contributed by atoms with Crippen LogP contribution >= 0.6 is 0 Å². The van der Waals surface area contributed by atoms with Crippen molar-refractivity contribution < 1.29 is 9.90 Å². The van der Waals surface area contributed by atoms with Gasteiger partial charge in [0.25, 0.3) is 5.91 Å². The number of nitrogens with one attached hydrogen (secondary N) is 2. The van der Waals surface area contributed by atoms with Crippen molar-refractivity contribution in [2.45, 2.75) is 44.2 Å². The highest BCUT2D eigenvalue weighted by atomic mass is 16.3. The molecule has 1 fully saturated rings. The van der Waals surface area contributed by atoms with E-state index in [9.17, 15) is 9.90 Å². The van der Waals surface area contributed by atoms with Gasteiger partial charge in [0.15, 0.2) is 0 Å². The first kappa shape index (κ1) is 23.7. The summed E-state index contributed by atoms with van der Waals surface area (Å²) in [5.74, 6) is 0.0274. The minimum Gasteiger partial charge on any atom is -0.390 e. The van der Waals surface area contributed by atoms with Crippen LogP contribution in [0, 0.1) is 0 Å². The predicted octanol–water partition coefficient (Wildman–Crippen LogP) is 2.97. The molecule has 3 aliphatic rings. The number of carbonyl (C=O) groups is 1. The molecular formula is C27H38N4O2. The molecule has 1 amide bonds. The molecule has 33 heavy (non-hydrogen) atoms. The maximum atomic E-state index is 13.1. The smallest absolute Gasteiger partial charge is 0.254 e. The van der Waals surface area contributed by atoms with E-state index in [1.807, 2.05) is 29.2 Å². The van der Waals surface area contributed by atoms with Gasteiger partial charge >= 0.3 is 0 Å². The van der Waals surface area contributed by atoms with Gasteiger partial charge in [0.1, 0.15) is 0 Å². The zero-order valence-corrected chi connectivity index (χ0v) is 19.6. The summed E-state index contributed by atoms with van der Waals surface area (Å²) in [6, 6.07) is 6.55. The number of hydrogen-bond acceptors (Lipinski definition) is 5. The Bertz CT molecular complexity index is 888. The SMILES string of the molecule is C=C1/C=C\C=C/CCCN(CC(O)CN2CCc3cc(NC4CCCNC4)ccc3C2=O)C1. The van der Waals surface area contributed by atoms with Crippen molar-refractivity contribution >= 4 is 11.6 Å². The number of rotatable bonds is 6. The van der Waals surface area contributed by atoms with Gasteiger partial charge in [-0.25, -0.2) is 0 Å². The summed E-state index contributed by atoms with van der Waals surface area (Å²) in [6.07, 6.45) is 13.0. The maximum Gasteiger partial charge on any atom is 0.254 e. The summed E-state index contributed by atoms with van der Waals surface area (Å²) in [4.78, 5) is 17.2. The van der Waals surface area contributed by atoms with Crippen molar-refractivity contribution in [2.75, 3.05) is 51.1 Å². The van der Waals surface area contributed by atoms with Crippen molar-refractivity contribution in [1.82, 2.24) is 15.1 Å². The van der Waals surface area contributed by atoms with E-state index in [2.05, 4.69) is 40.3 Å². The molecule has 0 spiro atoms.